The number of aromatic nitrogens is 3. The summed E-state index contributed by atoms with van der Waals surface area (Å²) in [4.78, 5) is 10.0. The van der Waals surface area contributed by atoms with Crippen molar-refractivity contribution in [3.63, 3.8) is 0 Å². The van der Waals surface area contributed by atoms with Gasteiger partial charge in [0, 0.05) is 36.2 Å². The van der Waals surface area contributed by atoms with E-state index in [-0.39, 0.29) is 0 Å². The number of pyridine rings is 1. The minimum Gasteiger partial charge on any atom is -0.384 e. The zero-order valence-corrected chi connectivity index (χ0v) is 18.4. The maximum absolute atomic E-state index is 6.24. The predicted molar refractivity (Wildman–Crippen MR) is 119 cm³/mol. The lowest BCUT2D eigenvalue weighted by Crippen LogP contribution is -2.08. The second kappa shape index (κ2) is 9.83. The number of fused-ring (bicyclic) bond motifs is 1. The van der Waals surface area contributed by atoms with E-state index in [9.17, 15) is 0 Å². The second-order valence-corrected chi connectivity index (χ2v) is 8.56. The maximum Gasteiger partial charge on any atom is 0.151 e. The molecule has 0 fully saturated rings. The molecule has 0 aliphatic carbocycles. The van der Waals surface area contributed by atoms with E-state index in [4.69, 9.17) is 38.7 Å². The van der Waals surface area contributed by atoms with E-state index in [2.05, 4.69) is 9.55 Å². The van der Waals surface area contributed by atoms with Crippen LogP contribution in [0.2, 0.25) is 10.0 Å². The molecule has 3 rings (SSSR count). The number of unbranched alkanes of at least 4 members (excludes halogenated alkanes) is 1. The van der Waals surface area contributed by atoms with Crippen molar-refractivity contribution < 1.29 is 4.74 Å². The van der Waals surface area contributed by atoms with Crippen molar-refractivity contribution in [3.8, 4) is 0 Å². The van der Waals surface area contributed by atoms with Crippen molar-refractivity contribution in [2.24, 2.45) is 0 Å². The van der Waals surface area contributed by atoms with Crippen LogP contribution in [0, 0.1) is 6.92 Å². The molecule has 5 nitrogen and oxygen atoms in total. The van der Waals surface area contributed by atoms with Gasteiger partial charge in [-0.15, -0.1) is 11.8 Å². The highest BCUT2D eigenvalue weighted by molar-refractivity contribution is 7.99. The van der Waals surface area contributed by atoms with E-state index in [1.807, 2.05) is 25.3 Å². The number of nitrogens with zero attached hydrogens (tertiary/aromatic N) is 3. The number of ether oxygens (including phenoxy) is 1. The third-order valence-electron chi connectivity index (χ3n) is 4.52. The molecule has 2 heterocycles. The van der Waals surface area contributed by atoms with E-state index in [0.29, 0.717) is 22.5 Å². The van der Waals surface area contributed by atoms with E-state index in [0.717, 1.165) is 58.9 Å². The van der Waals surface area contributed by atoms with E-state index >= 15 is 0 Å². The second-order valence-electron chi connectivity index (χ2n) is 6.58. The summed E-state index contributed by atoms with van der Waals surface area (Å²) in [7, 11) is 1.70. The molecule has 0 radical (unpaired) electrons. The van der Waals surface area contributed by atoms with Crippen LogP contribution in [0.1, 0.15) is 24.2 Å². The molecular formula is C20H24Cl2N4OS. The number of imidazole rings is 1. The number of aryl methyl sites for hydroxylation is 2. The third kappa shape index (κ3) is 4.92. The molecule has 150 valence electrons. The Morgan fingerprint density at radius 2 is 2.07 bits per heavy atom. The number of benzene rings is 1. The van der Waals surface area contributed by atoms with Crippen LogP contribution < -0.4 is 5.73 Å². The van der Waals surface area contributed by atoms with Gasteiger partial charge < -0.3 is 15.0 Å². The van der Waals surface area contributed by atoms with Crippen LogP contribution in [0.15, 0.2) is 29.3 Å². The summed E-state index contributed by atoms with van der Waals surface area (Å²) in [6, 6.07) is 5.63. The van der Waals surface area contributed by atoms with Gasteiger partial charge in [0.1, 0.15) is 11.3 Å². The molecule has 3 aromatic rings. The topological polar surface area (TPSA) is 66.0 Å². The van der Waals surface area contributed by atoms with Crippen molar-refractivity contribution in [2.75, 3.05) is 25.2 Å². The first-order valence-corrected chi connectivity index (χ1v) is 10.9. The minimum atomic E-state index is 0.478. The quantitative estimate of drug-likeness (QED) is 0.358. The van der Waals surface area contributed by atoms with Gasteiger partial charge in [0.05, 0.1) is 17.1 Å². The lowest BCUT2D eigenvalue weighted by Gasteiger charge is -2.11. The Kier molecular flexibility index (Phi) is 7.46. The largest absolute Gasteiger partial charge is 0.384 e. The first-order chi connectivity index (χ1) is 13.5. The van der Waals surface area contributed by atoms with Crippen LogP contribution in [0.25, 0.3) is 11.0 Å². The summed E-state index contributed by atoms with van der Waals surface area (Å²) in [6.45, 7) is 3.56. The summed E-state index contributed by atoms with van der Waals surface area (Å²) in [6.07, 6.45) is 4.66. The highest BCUT2D eigenvalue weighted by Crippen LogP contribution is 2.30. The molecule has 0 amide bonds. The number of rotatable bonds is 9. The molecule has 8 heteroatoms. The minimum absolute atomic E-state index is 0.478. The Morgan fingerprint density at radius 1 is 1.25 bits per heavy atom. The summed E-state index contributed by atoms with van der Waals surface area (Å²) in [5, 5.41) is 1.37. The van der Waals surface area contributed by atoms with Crippen LogP contribution in [0.4, 0.5) is 5.82 Å². The van der Waals surface area contributed by atoms with E-state index in [1.165, 1.54) is 0 Å². The Bertz CT molecular complexity index is 961. The molecule has 0 spiro atoms. The van der Waals surface area contributed by atoms with Gasteiger partial charge in [-0.3, -0.25) is 0 Å². The maximum atomic E-state index is 6.24. The third-order valence-corrected chi connectivity index (χ3v) is 6.34. The standard InChI is InChI=1S/C20H24Cl2N4OS/c1-13-12-24-20(23)18-19(13)26(17(25-18)7-9-27-2)8-3-4-10-28-16-6-5-14(21)11-15(16)22/h5-6,11-12H,3-4,7-10H2,1-2H3,(H2,23,24). The van der Waals surface area contributed by atoms with Gasteiger partial charge in [-0.2, -0.15) is 0 Å². The average molecular weight is 439 g/mol. The van der Waals surface area contributed by atoms with Gasteiger partial charge in [-0.25, -0.2) is 9.97 Å². The summed E-state index contributed by atoms with van der Waals surface area (Å²) < 4.78 is 7.51. The van der Waals surface area contributed by atoms with Crippen LogP contribution in [-0.2, 0) is 17.7 Å². The van der Waals surface area contributed by atoms with Gasteiger partial charge in [0.15, 0.2) is 5.82 Å². The fourth-order valence-corrected chi connectivity index (χ4v) is 4.64. The summed E-state index contributed by atoms with van der Waals surface area (Å²) >= 11 is 14.0. The Morgan fingerprint density at radius 3 is 2.82 bits per heavy atom. The van der Waals surface area contributed by atoms with Crippen LogP contribution in [0.3, 0.4) is 0 Å². The molecule has 0 aliphatic rings. The Hall–Kier alpha value is -1.47. The SMILES string of the molecule is COCCc1nc2c(N)ncc(C)c2n1CCCCSc1ccc(Cl)cc1Cl. The number of anilines is 1. The molecule has 28 heavy (non-hydrogen) atoms. The van der Waals surface area contributed by atoms with Gasteiger partial charge in [-0.1, -0.05) is 23.2 Å². The molecule has 0 saturated heterocycles. The number of nitrogen functional groups attached to an aromatic ring is 1. The molecule has 2 N–H and O–H groups in total. The highest BCUT2D eigenvalue weighted by atomic mass is 35.5. The normalized spacial score (nSPS) is 11.4. The number of hydrogen-bond acceptors (Lipinski definition) is 5. The van der Waals surface area contributed by atoms with E-state index in [1.54, 1.807) is 24.9 Å². The van der Waals surface area contributed by atoms with Crippen molar-refractivity contribution >= 4 is 51.8 Å². The molecule has 0 aliphatic heterocycles. The fraction of sp³-hybridized carbons (Fsp3) is 0.400. The van der Waals surface area contributed by atoms with Gasteiger partial charge in [0.25, 0.3) is 0 Å². The predicted octanol–water partition coefficient (Wildman–Crippen LogP) is 5.39. The molecule has 0 unspecified atom stereocenters. The average Bonchev–Trinajstić information content (AvgIpc) is 3.04. The molecule has 2 aromatic heterocycles. The van der Waals surface area contributed by atoms with Crippen LogP contribution in [-0.4, -0.2) is 34.0 Å². The zero-order valence-electron chi connectivity index (χ0n) is 16.0. The lowest BCUT2D eigenvalue weighted by molar-refractivity contribution is 0.199. The number of hydrogen-bond donors (Lipinski definition) is 1. The number of methoxy groups -OCH3 is 1. The van der Waals surface area contributed by atoms with Crippen LogP contribution in [0.5, 0.6) is 0 Å². The van der Waals surface area contributed by atoms with Crippen molar-refractivity contribution in [3.05, 3.63) is 45.8 Å². The molecular weight excluding hydrogens is 415 g/mol. The summed E-state index contributed by atoms with van der Waals surface area (Å²) in [5.41, 5.74) is 9.01. The van der Waals surface area contributed by atoms with E-state index < -0.39 is 0 Å². The van der Waals surface area contributed by atoms with Crippen molar-refractivity contribution in [2.45, 2.75) is 37.6 Å². The number of thioether (sulfide) groups is 1. The number of nitrogens with two attached hydrogens (primary N) is 1. The van der Waals surface area contributed by atoms with Gasteiger partial charge in [-0.05, 0) is 49.3 Å². The molecule has 0 bridgehead atoms. The Labute approximate surface area is 179 Å². The van der Waals surface area contributed by atoms with Crippen molar-refractivity contribution in [1.29, 1.82) is 0 Å². The van der Waals surface area contributed by atoms with Gasteiger partial charge >= 0.3 is 0 Å². The summed E-state index contributed by atoms with van der Waals surface area (Å²) in [5.74, 6) is 2.46. The zero-order chi connectivity index (χ0) is 20.1. The first kappa shape index (κ1) is 21.2. The van der Waals surface area contributed by atoms with Gasteiger partial charge in [0.2, 0.25) is 0 Å². The monoisotopic (exact) mass is 438 g/mol. The number of halogens is 2. The highest BCUT2D eigenvalue weighted by Gasteiger charge is 2.15. The molecule has 0 saturated carbocycles. The molecule has 1 aromatic carbocycles. The fourth-order valence-electron chi connectivity index (χ4n) is 3.14. The smallest absolute Gasteiger partial charge is 0.151 e. The van der Waals surface area contributed by atoms with Crippen molar-refractivity contribution in [1.82, 2.24) is 14.5 Å². The van der Waals surface area contributed by atoms with Crippen LogP contribution >= 0.6 is 35.0 Å². The lowest BCUT2D eigenvalue weighted by atomic mass is 10.2. The Balaban J connectivity index is 1.66. The first-order valence-electron chi connectivity index (χ1n) is 9.18. The molecule has 0 atom stereocenters.